The van der Waals surface area contributed by atoms with E-state index in [1.54, 1.807) is 36.4 Å². The van der Waals surface area contributed by atoms with Crippen LogP contribution in [0.1, 0.15) is 66.2 Å². The minimum absolute atomic E-state index is 0.0927. The van der Waals surface area contributed by atoms with E-state index in [2.05, 4.69) is 17.6 Å². The molecule has 3 rings (SSSR count). The van der Waals surface area contributed by atoms with Crippen LogP contribution in [0.25, 0.3) is 0 Å². The summed E-state index contributed by atoms with van der Waals surface area (Å²) in [6.45, 7) is 4.13. The molecule has 0 radical (unpaired) electrons. The summed E-state index contributed by atoms with van der Waals surface area (Å²) in [5, 5.41) is 5.75. The number of carbonyl (C=O) groups excluding carboxylic acids is 2. The fourth-order valence-electron chi connectivity index (χ4n) is 3.48. The van der Waals surface area contributed by atoms with Crippen molar-refractivity contribution in [1.29, 1.82) is 0 Å². The molecule has 2 aromatic carbocycles. The Labute approximate surface area is 184 Å². The third kappa shape index (κ3) is 7.40. The van der Waals surface area contributed by atoms with E-state index < -0.39 is 0 Å². The first kappa shape index (κ1) is 22.8. The highest BCUT2D eigenvalue weighted by Gasteiger charge is 2.17. The molecule has 2 amide bonds. The van der Waals surface area contributed by atoms with E-state index in [-0.39, 0.29) is 17.9 Å². The van der Waals surface area contributed by atoms with Crippen LogP contribution in [0.2, 0.25) is 0 Å². The van der Waals surface area contributed by atoms with Gasteiger partial charge in [0.25, 0.3) is 11.8 Å². The molecule has 0 aliphatic carbocycles. The molecule has 2 aromatic rings. The summed E-state index contributed by atoms with van der Waals surface area (Å²) >= 11 is 0. The summed E-state index contributed by atoms with van der Waals surface area (Å²) in [6.07, 6.45) is 6.73. The predicted molar refractivity (Wildman–Crippen MR) is 122 cm³/mol. The number of carbonyl (C=O) groups is 2. The molecule has 1 atom stereocenters. The molecule has 1 fully saturated rings. The third-order valence-corrected chi connectivity index (χ3v) is 5.28. The first-order chi connectivity index (χ1) is 15.2. The van der Waals surface area contributed by atoms with Gasteiger partial charge in [0.05, 0.1) is 12.7 Å². The number of benzene rings is 2. The molecule has 1 aliphatic rings. The second kappa shape index (κ2) is 12.1. The second-order valence-electron chi connectivity index (χ2n) is 7.81. The van der Waals surface area contributed by atoms with E-state index in [4.69, 9.17) is 9.47 Å². The van der Waals surface area contributed by atoms with Crippen LogP contribution in [0, 0.1) is 0 Å². The van der Waals surface area contributed by atoms with Crippen molar-refractivity contribution in [3.63, 3.8) is 0 Å². The Morgan fingerprint density at radius 2 is 1.87 bits per heavy atom. The number of anilines is 1. The van der Waals surface area contributed by atoms with Crippen LogP contribution < -0.4 is 15.4 Å². The Morgan fingerprint density at radius 1 is 1.03 bits per heavy atom. The molecule has 2 N–H and O–H groups in total. The second-order valence-corrected chi connectivity index (χ2v) is 7.81. The third-order valence-electron chi connectivity index (χ3n) is 5.28. The first-order valence-electron chi connectivity index (χ1n) is 11.2. The fourth-order valence-corrected chi connectivity index (χ4v) is 3.48. The van der Waals surface area contributed by atoms with Gasteiger partial charge in [0.15, 0.2) is 0 Å². The SMILES string of the molecule is CCCCCCOc1ccc(C(=O)Nc2cccc(C(=O)NCC3CCCO3)c2)cc1. The van der Waals surface area contributed by atoms with Gasteiger partial charge in [-0.3, -0.25) is 9.59 Å². The number of amides is 2. The van der Waals surface area contributed by atoms with Crippen molar-refractivity contribution >= 4 is 17.5 Å². The summed E-state index contributed by atoms with van der Waals surface area (Å²) in [5.41, 5.74) is 1.61. The normalized spacial score (nSPS) is 15.5. The molecule has 166 valence electrons. The minimum Gasteiger partial charge on any atom is -0.494 e. The molecule has 0 spiro atoms. The van der Waals surface area contributed by atoms with E-state index in [0.29, 0.717) is 30.0 Å². The fraction of sp³-hybridized carbons (Fsp3) is 0.440. The van der Waals surface area contributed by atoms with Gasteiger partial charge in [0, 0.05) is 30.0 Å². The van der Waals surface area contributed by atoms with Gasteiger partial charge in [0.2, 0.25) is 0 Å². The van der Waals surface area contributed by atoms with Gasteiger partial charge in [-0.1, -0.05) is 32.3 Å². The van der Waals surface area contributed by atoms with Crippen molar-refractivity contribution in [3.05, 3.63) is 59.7 Å². The zero-order chi connectivity index (χ0) is 21.9. The lowest BCUT2D eigenvalue weighted by Crippen LogP contribution is -2.31. The molecule has 1 aliphatic heterocycles. The lowest BCUT2D eigenvalue weighted by atomic mass is 10.1. The summed E-state index contributed by atoms with van der Waals surface area (Å²) < 4.78 is 11.3. The number of ether oxygens (including phenoxy) is 2. The van der Waals surface area contributed by atoms with Crippen LogP contribution in [-0.2, 0) is 4.74 Å². The Kier molecular flexibility index (Phi) is 8.91. The largest absolute Gasteiger partial charge is 0.494 e. The lowest BCUT2D eigenvalue weighted by Gasteiger charge is -2.12. The van der Waals surface area contributed by atoms with Gasteiger partial charge < -0.3 is 20.1 Å². The molecule has 31 heavy (non-hydrogen) atoms. The molecule has 0 bridgehead atoms. The predicted octanol–water partition coefficient (Wildman–Crippen LogP) is 4.81. The van der Waals surface area contributed by atoms with Crippen molar-refractivity contribution in [1.82, 2.24) is 5.32 Å². The molecule has 1 heterocycles. The van der Waals surface area contributed by atoms with Gasteiger partial charge >= 0.3 is 0 Å². The highest BCUT2D eigenvalue weighted by molar-refractivity contribution is 6.05. The van der Waals surface area contributed by atoms with Crippen LogP contribution in [0.5, 0.6) is 5.75 Å². The smallest absolute Gasteiger partial charge is 0.255 e. The summed E-state index contributed by atoms with van der Waals surface area (Å²) in [7, 11) is 0. The molecule has 0 saturated carbocycles. The van der Waals surface area contributed by atoms with Crippen molar-refractivity contribution in [3.8, 4) is 5.75 Å². The van der Waals surface area contributed by atoms with Crippen molar-refractivity contribution in [2.45, 2.75) is 51.6 Å². The Morgan fingerprint density at radius 3 is 2.61 bits per heavy atom. The van der Waals surface area contributed by atoms with E-state index >= 15 is 0 Å². The van der Waals surface area contributed by atoms with Crippen LogP contribution in [0.15, 0.2) is 48.5 Å². The van der Waals surface area contributed by atoms with Crippen molar-refractivity contribution in [2.75, 3.05) is 25.1 Å². The molecule has 6 heteroatoms. The average Bonchev–Trinajstić information content (AvgIpc) is 3.31. The van der Waals surface area contributed by atoms with Crippen molar-refractivity contribution in [2.24, 2.45) is 0 Å². The highest BCUT2D eigenvalue weighted by atomic mass is 16.5. The molecule has 0 aromatic heterocycles. The van der Waals surface area contributed by atoms with Gasteiger partial charge in [-0.25, -0.2) is 0 Å². The monoisotopic (exact) mass is 424 g/mol. The molecular formula is C25H32N2O4. The number of unbranched alkanes of at least 4 members (excludes halogenated alkanes) is 3. The zero-order valence-corrected chi connectivity index (χ0v) is 18.2. The summed E-state index contributed by atoms with van der Waals surface area (Å²) in [5.74, 6) is 0.358. The summed E-state index contributed by atoms with van der Waals surface area (Å²) in [6, 6.07) is 14.0. The maximum absolute atomic E-state index is 12.6. The van der Waals surface area contributed by atoms with Crippen LogP contribution in [-0.4, -0.2) is 37.7 Å². The van der Waals surface area contributed by atoms with E-state index in [0.717, 1.165) is 31.6 Å². The van der Waals surface area contributed by atoms with Crippen LogP contribution in [0.4, 0.5) is 5.69 Å². The van der Waals surface area contributed by atoms with Gasteiger partial charge in [-0.15, -0.1) is 0 Å². The summed E-state index contributed by atoms with van der Waals surface area (Å²) in [4.78, 5) is 25.0. The first-order valence-corrected chi connectivity index (χ1v) is 11.2. The van der Waals surface area contributed by atoms with Gasteiger partial charge in [-0.2, -0.15) is 0 Å². The average molecular weight is 425 g/mol. The number of hydrogen-bond acceptors (Lipinski definition) is 4. The van der Waals surface area contributed by atoms with E-state index in [1.807, 2.05) is 12.1 Å². The Balaban J connectivity index is 1.49. The number of nitrogens with one attached hydrogen (secondary N) is 2. The molecule has 1 unspecified atom stereocenters. The number of hydrogen-bond donors (Lipinski definition) is 2. The van der Waals surface area contributed by atoms with Crippen LogP contribution >= 0.6 is 0 Å². The Hall–Kier alpha value is -2.86. The van der Waals surface area contributed by atoms with Gasteiger partial charge in [0.1, 0.15) is 5.75 Å². The maximum atomic E-state index is 12.6. The molecule has 1 saturated heterocycles. The molecule has 6 nitrogen and oxygen atoms in total. The Bertz CT molecular complexity index is 845. The highest BCUT2D eigenvalue weighted by Crippen LogP contribution is 2.16. The zero-order valence-electron chi connectivity index (χ0n) is 18.2. The standard InChI is InChI=1S/C25H32N2O4/c1-2-3-4-5-15-30-22-13-11-19(12-14-22)25(29)27-21-9-6-8-20(17-21)24(28)26-18-23-10-7-16-31-23/h6,8-9,11-14,17,23H,2-5,7,10,15-16,18H2,1H3,(H,26,28)(H,27,29). The quantitative estimate of drug-likeness (QED) is 0.508. The van der Waals surface area contributed by atoms with Crippen LogP contribution in [0.3, 0.4) is 0 Å². The topological polar surface area (TPSA) is 76.7 Å². The maximum Gasteiger partial charge on any atom is 0.255 e. The van der Waals surface area contributed by atoms with Crippen molar-refractivity contribution < 1.29 is 19.1 Å². The van der Waals surface area contributed by atoms with E-state index in [1.165, 1.54) is 19.3 Å². The van der Waals surface area contributed by atoms with Gasteiger partial charge in [-0.05, 0) is 61.7 Å². The molecular weight excluding hydrogens is 392 g/mol. The van der Waals surface area contributed by atoms with E-state index in [9.17, 15) is 9.59 Å². The minimum atomic E-state index is -0.230. The number of rotatable bonds is 11. The lowest BCUT2D eigenvalue weighted by molar-refractivity contribution is 0.0857.